The molecule has 0 aliphatic heterocycles. The molecule has 0 saturated carbocycles. The van der Waals surface area contributed by atoms with Crippen molar-refractivity contribution in [3.63, 3.8) is 0 Å². The molecule has 1 rings (SSSR count). The summed E-state index contributed by atoms with van der Waals surface area (Å²) in [6.45, 7) is 3.99. The zero-order valence-electron chi connectivity index (χ0n) is 6.47. The summed E-state index contributed by atoms with van der Waals surface area (Å²) in [4.78, 5) is 3.98. The van der Waals surface area contributed by atoms with Crippen molar-refractivity contribution >= 4 is 15.9 Å². The first-order chi connectivity index (χ1) is 5.34. The molecule has 1 aromatic heterocycles. The Bertz CT molecular complexity index is 225. The van der Waals surface area contributed by atoms with Gasteiger partial charge < -0.3 is 5.32 Å². The van der Waals surface area contributed by atoms with E-state index in [0.29, 0.717) is 0 Å². The van der Waals surface area contributed by atoms with E-state index < -0.39 is 0 Å². The van der Waals surface area contributed by atoms with Gasteiger partial charge in [0.2, 0.25) is 0 Å². The van der Waals surface area contributed by atoms with Crippen molar-refractivity contribution in [2.24, 2.45) is 0 Å². The monoisotopic (exact) mass is 214 g/mol. The molecule has 0 fully saturated rings. The molecule has 0 aliphatic carbocycles. The molecule has 0 spiro atoms. The van der Waals surface area contributed by atoms with Crippen LogP contribution in [0.25, 0.3) is 0 Å². The quantitative estimate of drug-likeness (QED) is 0.833. The van der Waals surface area contributed by atoms with Gasteiger partial charge in [-0.05, 0) is 34.1 Å². The molecule has 0 amide bonds. The standard InChI is InChI=1S/C8H11BrN2/c1-2-10-5-7-3-4-11-6-8(7)9/h3-4,6,10H,2,5H2,1H3. The Morgan fingerprint density at radius 3 is 3.09 bits per heavy atom. The van der Waals surface area contributed by atoms with E-state index in [1.54, 1.807) is 6.20 Å². The smallest absolute Gasteiger partial charge is 0.0413 e. The van der Waals surface area contributed by atoms with Crippen LogP contribution in [0.4, 0.5) is 0 Å². The van der Waals surface area contributed by atoms with Crippen LogP contribution in [0.2, 0.25) is 0 Å². The molecule has 2 nitrogen and oxygen atoms in total. The van der Waals surface area contributed by atoms with Crippen LogP contribution in [0.1, 0.15) is 12.5 Å². The number of hydrogen-bond acceptors (Lipinski definition) is 2. The van der Waals surface area contributed by atoms with Crippen LogP contribution in [0.15, 0.2) is 22.9 Å². The lowest BCUT2D eigenvalue weighted by atomic mass is 10.3. The largest absolute Gasteiger partial charge is 0.313 e. The maximum Gasteiger partial charge on any atom is 0.0413 e. The number of halogens is 1. The predicted octanol–water partition coefficient (Wildman–Crippen LogP) is 1.95. The van der Waals surface area contributed by atoms with Crippen LogP contribution in [-0.2, 0) is 6.54 Å². The van der Waals surface area contributed by atoms with E-state index in [0.717, 1.165) is 17.6 Å². The summed E-state index contributed by atoms with van der Waals surface area (Å²) in [6.07, 6.45) is 3.62. The Balaban J connectivity index is 2.62. The fraction of sp³-hybridized carbons (Fsp3) is 0.375. The highest BCUT2D eigenvalue weighted by Gasteiger charge is 1.95. The Morgan fingerprint density at radius 2 is 2.45 bits per heavy atom. The third-order valence-corrected chi connectivity index (χ3v) is 2.14. The van der Waals surface area contributed by atoms with Crippen molar-refractivity contribution in [1.29, 1.82) is 0 Å². The normalized spacial score (nSPS) is 10.0. The van der Waals surface area contributed by atoms with Crippen LogP contribution in [-0.4, -0.2) is 11.5 Å². The van der Waals surface area contributed by atoms with Crippen LogP contribution < -0.4 is 5.32 Å². The Kier molecular flexibility index (Phi) is 3.52. The van der Waals surface area contributed by atoms with E-state index in [1.807, 2.05) is 12.3 Å². The van der Waals surface area contributed by atoms with Crippen LogP contribution in [0.5, 0.6) is 0 Å². The van der Waals surface area contributed by atoms with Crippen LogP contribution >= 0.6 is 15.9 Å². The van der Waals surface area contributed by atoms with Crippen molar-refractivity contribution in [2.75, 3.05) is 6.54 Å². The molecule has 1 N–H and O–H groups in total. The molecule has 60 valence electrons. The van der Waals surface area contributed by atoms with Gasteiger partial charge in [0.25, 0.3) is 0 Å². The molecule has 0 saturated heterocycles. The molecule has 1 aromatic rings. The highest BCUT2D eigenvalue weighted by molar-refractivity contribution is 9.10. The summed E-state index contributed by atoms with van der Waals surface area (Å²) in [5, 5.41) is 3.25. The number of nitrogens with zero attached hydrogens (tertiary/aromatic N) is 1. The van der Waals surface area contributed by atoms with E-state index in [2.05, 4.69) is 33.2 Å². The van der Waals surface area contributed by atoms with E-state index in [4.69, 9.17) is 0 Å². The molecular weight excluding hydrogens is 204 g/mol. The summed E-state index contributed by atoms with van der Waals surface area (Å²) in [5.74, 6) is 0. The van der Waals surface area contributed by atoms with Gasteiger partial charge in [-0.3, -0.25) is 4.98 Å². The summed E-state index contributed by atoms with van der Waals surface area (Å²) >= 11 is 3.42. The first-order valence-electron chi connectivity index (χ1n) is 3.63. The minimum atomic E-state index is 0.902. The number of nitrogens with one attached hydrogen (secondary N) is 1. The lowest BCUT2D eigenvalue weighted by Crippen LogP contribution is -2.11. The summed E-state index contributed by atoms with van der Waals surface area (Å²) in [6, 6.07) is 2.01. The average molecular weight is 215 g/mol. The maximum absolute atomic E-state index is 3.98. The zero-order valence-corrected chi connectivity index (χ0v) is 8.06. The maximum atomic E-state index is 3.98. The van der Waals surface area contributed by atoms with E-state index >= 15 is 0 Å². The lowest BCUT2D eigenvalue weighted by Gasteiger charge is -2.02. The average Bonchev–Trinajstić information content (AvgIpc) is 2.03. The van der Waals surface area contributed by atoms with Crippen molar-refractivity contribution in [3.05, 3.63) is 28.5 Å². The second kappa shape index (κ2) is 4.46. The van der Waals surface area contributed by atoms with Gasteiger partial charge in [-0.15, -0.1) is 0 Å². The third-order valence-electron chi connectivity index (χ3n) is 1.42. The Hall–Kier alpha value is -0.410. The van der Waals surface area contributed by atoms with E-state index in [-0.39, 0.29) is 0 Å². The number of rotatable bonds is 3. The molecule has 0 aliphatic rings. The first kappa shape index (κ1) is 8.68. The van der Waals surface area contributed by atoms with Crippen molar-refractivity contribution in [2.45, 2.75) is 13.5 Å². The summed E-state index contributed by atoms with van der Waals surface area (Å²) in [7, 11) is 0. The van der Waals surface area contributed by atoms with Gasteiger partial charge in [-0.1, -0.05) is 6.92 Å². The summed E-state index contributed by atoms with van der Waals surface area (Å²) < 4.78 is 1.07. The van der Waals surface area contributed by atoms with Gasteiger partial charge in [0.05, 0.1) is 0 Å². The van der Waals surface area contributed by atoms with Gasteiger partial charge >= 0.3 is 0 Å². The van der Waals surface area contributed by atoms with Gasteiger partial charge in [0.15, 0.2) is 0 Å². The van der Waals surface area contributed by atoms with Crippen LogP contribution in [0.3, 0.4) is 0 Å². The predicted molar refractivity (Wildman–Crippen MR) is 49.3 cm³/mol. The topological polar surface area (TPSA) is 24.9 Å². The molecule has 0 unspecified atom stereocenters. The molecule has 0 radical (unpaired) electrons. The molecular formula is C8H11BrN2. The fourth-order valence-corrected chi connectivity index (χ4v) is 1.20. The van der Waals surface area contributed by atoms with Crippen molar-refractivity contribution in [3.8, 4) is 0 Å². The first-order valence-corrected chi connectivity index (χ1v) is 4.43. The minimum absolute atomic E-state index is 0.902. The molecule has 0 bridgehead atoms. The number of hydrogen-bond donors (Lipinski definition) is 1. The van der Waals surface area contributed by atoms with Gasteiger partial charge in [-0.25, -0.2) is 0 Å². The van der Waals surface area contributed by atoms with Crippen LogP contribution in [0, 0.1) is 0 Å². The molecule has 3 heteroatoms. The zero-order chi connectivity index (χ0) is 8.10. The second-order valence-electron chi connectivity index (χ2n) is 2.25. The third kappa shape index (κ3) is 2.60. The lowest BCUT2D eigenvalue weighted by molar-refractivity contribution is 0.723. The van der Waals surface area contributed by atoms with E-state index in [1.165, 1.54) is 5.56 Å². The fourth-order valence-electron chi connectivity index (χ4n) is 0.807. The molecule has 1 heterocycles. The van der Waals surface area contributed by atoms with Crippen molar-refractivity contribution < 1.29 is 0 Å². The SMILES string of the molecule is CCNCc1ccncc1Br. The Morgan fingerprint density at radius 1 is 1.64 bits per heavy atom. The molecule has 11 heavy (non-hydrogen) atoms. The second-order valence-corrected chi connectivity index (χ2v) is 3.10. The van der Waals surface area contributed by atoms with Gasteiger partial charge in [-0.2, -0.15) is 0 Å². The highest BCUT2D eigenvalue weighted by Crippen LogP contribution is 2.13. The minimum Gasteiger partial charge on any atom is -0.313 e. The molecule has 0 aromatic carbocycles. The van der Waals surface area contributed by atoms with E-state index in [9.17, 15) is 0 Å². The van der Waals surface area contributed by atoms with Gasteiger partial charge in [0.1, 0.15) is 0 Å². The number of pyridine rings is 1. The highest BCUT2D eigenvalue weighted by atomic mass is 79.9. The Labute approximate surface area is 75.2 Å². The summed E-state index contributed by atoms with van der Waals surface area (Å²) in [5.41, 5.74) is 1.25. The number of aromatic nitrogens is 1. The molecule has 0 atom stereocenters. The van der Waals surface area contributed by atoms with Crippen molar-refractivity contribution in [1.82, 2.24) is 10.3 Å². The van der Waals surface area contributed by atoms with Gasteiger partial charge in [0, 0.05) is 23.4 Å².